The van der Waals surface area contributed by atoms with Gasteiger partial charge in [0.05, 0.1) is 12.1 Å². The lowest BCUT2D eigenvalue weighted by Crippen LogP contribution is -2.24. The van der Waals surface area contributed by atoms with Crippen molar-refractivity contribution in [2.24, 2.45) is 0 Å². The lowest BCUT2D eigenvalue weighted by Gasteiger charge is -2.21. The number of hydrogen-bond acceptors (Lipinski definition) is 4. The fourth-order valence-electron chi connectivity index (χ4n) is 3.80. The van der Waals surface area contributed by atoms with Gasteiger partial charge in [-0.25, -0.2) is 0 Å². The quantitative estimate of drug-likeness (QED) is 0.283. The second kappa shape index (κ2) is 10.5. The molecule has 0 saturated heterocycles. The van der Waals surface area contributed by atoms with Gasteiger partial charge in [-0.05, 0) is 68.3 Å². The van der Waals surface area contributed by atoms with E-state index in [-0.39, 0.29) is 0 Å². The molecule has 0 aliphatic rings. The molecule has 0 spiro atoms. The Morgan fingerprint density at radius 3 is 2.65 bits per heavy atom. The van der Waals surface area contributed by atoms with Crippen molar-refractivity contribution in [3.05, 3.63) is 95.0 Å². The van der Waals surface area contributed by atoms with Crippen molar-refractivity contribution in [3.63, 3.8) is 0 Å². The third kappa shape index (κ3) is 6.09. The van der Waals surface area contributed by atoms with E-state index in [1.54, 1.807) is 0 Å². The average Bonchev–Trinajstić information content (AvgIpc) is 3.18. The summed E-state index contributed by atoms with van der Waals surface area (Å²) in [5.74, 6) is 1.98. The molecule has 2 heterocycles. The molecule has 0 atom stereocenters. The summed E-state index contributed by atoms with van der Waals surface area (Å²) >= 11 is 6.09. The predicted octanol–water partition coefficient (Wildman–Crippen LogP) is 6.68. The Kier molecular flexibility index (Phi) is 7.23. The summed E-state index contributed by atoms with van der Waals surface area (Å²) in [6.45, 7) is 5.67. The first-order chi connectivity index (χ1) is 15.2. The number of pyridine rings is 1. The van der Waals surface area contributed by atoms with Crippen LogP contribution in [0.4, 0.5) is 5.69 Å². The molecule has 4 aromatic rings. The number of aromatic nitrogens is 1. The lowest BCUT2D eigenvalue weighted by atomic mass is 10.1. The number of furan rings is 1. The van der Waals surface area contributed by atoms with Gasteiger partial charge < -0.3 is 9.73 Å². The molecule has 4 nitrogen and oxygen atoms in total. The zero-order valence-electron chi connectivity index (χ0n) is 17.9. The van der Waals surface area contributed by atoms with E-state index in [9.17, 15) is 0 Å². The Morgan fingerprint density at radius 2 is 1.84 bits per heavy atom. The maximum absolute atomic E-state index is 6.09. The SMILES string of the molecule is Cc1ccc(CN(CCCCNc2ccnc3cc(Cl)ccc23)Cc2ccccc2)o1. The Hall–Kier alpha value is -2.82. The number of anilines is 1. The van der Waals surface area contributed by atoms with Crippen LogP contribution in [0.3, 0.4) is 0 Å². The highest BCUT2D eigenvalue weighted by atomic mass is 35.5. The molecule has 1 N–H and O–H groups in total. The van der Waals surface area contributed by atoms with Gasteiger partial charge in [0.15, 0.2) is 0 Å². The highest BCUT2D eigenvalue weighted by Crippen LogP contribution is 2.24. The summed E-state index contributed by atoms with van der Waals surface area (Å²) in [5, 5.41) is 5.38. The first-order valence-electron chi connectivity index (χ1n) is 10.8. The van der Waals surface area contributed by atoms with E-state index < -0.39 is 0 Å². The fourth-order valence-corrected chi connectivity index (χ4v) is 3.97. The van der Waals surface area contributed by atoms with E-state index in [0.29, 0.717) is 5.02 Å². The highest BCUT2D eigenvalue weighted by Gasteiger charge is 2.10. The first kappa shape index (κ1) is 21.4. The van der Waals surface area contributed by atoms with E-state index in [4.69, 9.17) is 16.0 Å². The molecule has 0 bridgehead atoms. The Bertz CT molecular complexity index is 1110. The molecule has 160 valence electrons. The van der Waals surface area contributed by atoms with Crippen molar-refractivity contribution in [1.82, 2.24) is 9.88 Å². The molecule has 0 saturated carbocycles. The average molecular weight is 434 g/mol. The van der Waals surface area contributed by atoms with Gasteiger partial charge in [0.1, 0.15) is 11.5 Å². The van der Waals surface area contributed by atoms with Crippen molar-refractivity contribution in [2.75, 3.05) is 18.4 Å². The van der Waals surface area contributed by atoms with Gasteiger partial charge in [0, 0.05) is 35.4 Å². The second-order valence-corrected chi connectivity index (χ2v) is 8.30. The normalized spacial score (nSPS) is 11.3. The first-order valence-corrected chi connectivity index (χ1v) is 11.1. The van der Waals surface area contributed by atoms with Crippen molar-refractivity contribution >= 4 is 28.2 Å². The standard InChI is InChI=1S/C26H28ClN3O/c1-20-9-11-23(31-20)19-30(18-21-7-3-2-4-8-21)16-6-5-14-28-25-13-15-29-26-17-22(27)10-12-24(25)26/h2-4,7-13,15,17H,5-6,14,16,18-19H2,1H3,(H,28,29). The number of halogens is 1. The highest BCUT2D eigenvalue weighted by molar-refractivity contribution is 6.31. The van der Waals surface area contributed by atoms with E-state index in [2.05, 4.69) is 51.6 Å². The molecule has 0 aliphatic carbocycles. The van der Waals surface area contributed by atoms with Gasteiger partial charge >= 0.3 is 0 Å². The topological polar surface area (TPSA) is 41.3 Å². The van der Waals surface area contributed by atoms with E-state index in [1.165, 1.54) is 5.56 Å². The summed E-state index contributed by atoms with van der Waals surface area (Å²) in [7, 11) is 0. The number of benzene rings is 2. The summed E-state index contributed by atoms with van der Waals surface area (Å²) in [6, 6.07) is 22.6. The number of fused-ring (bicyclic) bond motifs is 1. The lowest BCUT2D eigenvalue weighted by molar-refractivity contribution is 0.230. The molecule has 0 fully saturated rings. The minimum atomic E-state index is 0.711. The van der Waals surface area contributed by atoms with Crippen molar-refractivity contribution in [3.8, 4) is 0 Å². The van der Waals surface area contributed by atoms with Crippen LogP contribution in [0, 0.1) is 6.92 Å². The van der Waals surface area contributed by atoms with Crippen LogP contribution < -0.4 is 5.32 Å². The van der Waals surface area contributed by atoms with Crippen LogP contribution in [-0.2, 0) is 13.1 Å². The van der Waals surface area contributed by atoms with Gasteiger partial charge in [-0.15, -0.1) is 0 Å². The van der Waals surface area contributed by atoms with E-state index in [0.717, 1.165) is 67.1 Å². The minimum absolute atomic E-state index is 0.711. The fraction of sp³-hybridized carbons (Fsp3) is 0.269. The molecule has 4 rings (SSSR count). The van der Waals surface area contributed by atoms with Crippen LogP contribution in [0.15, 0.2) is 77.3 Å². The zero-order valence-corrected chi connectivity index (χ0v) is 18.6. The molecule has 0 amide bonds. The van der Waals surface area contributed by atoms with E-state index >= 15 is 0 Å². The largest absolute Gasteiger partial charge is 0.465 e. The molecule has 5 heteroatoms. The molecule has 2 aromatic heterocycles. The summed E-state index contributed by atoms with van der Waals surface area (Å²) in [6.07, 6.45) is 4.02. The molecule has 0 unspecified atom stereocenters. The van der Waals surface area contributed by atoms with Crippen LogP contribution in [0.1, 0.15) is 29.9 Å². The number of nitrogens with zero attached hydrogens (tertiary/aromatic N) is 2. The minimum Gasteiger partial charge on any atom is -0.465 e. The van der Waals surface area contributed by atoms with Crippen molar-refractivity contribution < 1.29 is 4.42 Å². The second-order valence-electron chi connectivity index (χ2n) is 7.86. The molecule has 31 heavy (non-hydrogen) atoms. The predicted molar refractivity (Wildman–Crippen MR) is 128 cm³/mol. The van der Waals surface area contributed by atoms with Gasteiger partial charge in [0.2, 0.25) is 0 Å². The zero-order chi connectivity index (χ0) is 21.5. The summed E-state index contributed by atoms with van der Waals surface area (Å²) in [4.78, 5) is 6.87. The number of aryl methyl sites for hydroxylation is 1. The van der Waals surface area contributed by atoms with Crippen LogP contribution in [0.2, 0.25) is 5.02 Å². The monoisotopic (exact) mass is 433 g/mol. The van der Waals surface area contributed by atoms with Gasteiger partial charge in [0.25, 0.3) is 0 Å². The number of nitrogens with one attached hydrogen (secondary N) is 1. The van der Waals surface area contributed by atoms with Crippen LogP contribution >= 0.6 is 11.6 Å². The van der Waals surface area contributed by atoms with Crippen LogP contribution in [-0.4, -0.2) is 23.0 Å². The van der Waals surface area contributed by atoms with Crippen LogP contribution in [0.25, 0.3) is 10.9 Å². The van der Waals surface area contributed by atoms with Crippen LogP contribution in [0.5, 0.6) is 0 Å². The smallest absolute Gasteiger partial charge is 0.118 e. The summed E-state index contributed by atoms with van der Waals surface area (Å²) in [5.41, 5.74) is 3.35. The van der Waals surface area contributed by atoms with Gasteiger partial charge in [-0.2, -0.15) is 0 Å². The van der Waals surface area contributed by atoms with Gasteiger partial charge in [-0.1, -0.05) is 41.9 Å². The molecule has 0 aliphatic heterocycles. The molecular weight excluding hydrogens is 406 g/mol. The maximum Gasteiger partial charge on any atom is 0.118 e. The number of hydrogen-bond donors (Lipinski definition) is 1. The maximum atomic E-state index is 6.09. The van der Waals surface area contributed by atoms with Gasteiger partial charge in [-0.3, -0.25) is 9.88 Å². The Morgan fingerprint density at radius 1 is 0.968 bits per heavy atom. The molecular formula is C26H28ClN3O. The summed E-state index contributed by atoms with van der Waals surface area (Å²) < 4.78 is 5.82. The Balaban J connectivity index is 1.31. The van der Waals surface area contributed by atoms with E-state index in [1.807, 2.05) is 43.5 Å². The molecule has 2 aromatic carbocycles. The Labute approximate surface area is 188 Å². The number of unbranched alkanes of at least 4 members (excludes halogenated alkanes) is 1. The molecule has 0 radical (unpaired) electrons. The number of rotatable bonds is 10. The third-order valence-corrected chi connectivity index (χ3v) is 5.58. The third-order valence-electron chi connectivity index (χ3n) is 5.35. The van der Waals surface area contributed by atoms with Crippen molar-refractivity contribution in [1.29, 1.82) is 0 Å². The van der Waals surface area contributed by atoms with Crippen molar-refractivity contribution in [2.45, 2.75) is 32.9 Å².